The lowest BCUT2D eigenvalue weighted by Gasteiger charge is -2.56. The second-order valence-corrected chi connectivity index (χ2v) is 7.97. The van der Waals surface area contributed by atoms with Crippen molar-refractivity contribution in [3.8, 4) is 0 Å². The molecule has 2 saturated carbocycles. The van der Waals surface area contributed by atoms with Crippen LogP contribution in [0.5, 0.6) is 0 Å². The largest absolute Gasteiger partial charge is 0.381 e. The van der Waals surface area contributed by atoms with E-state index in [0.29, 0.717) is 16.9 Å². The molecule has 2 rings (SSSR count). The molecule has 0 N–H and O–H groups in total. The summed E-state index contributed by atoms with van der Waals surface area (Å²) >= 11 is 0. The van der Waals surface area contributed by atoms with Gasteiger partial charge in [-0.15, -0.1) is 0 Å². The van der Waals surface area contributed by atoms with Gasteiger partial charge in [-0.05, 0) is 54.8 Å². The Hall–Kier alpha value is -0.0400. The van der Waals surface area contributed by atoms with Gasteiger partial charge in [0.25, 0.3) is 0 Å². The van der Waals surface area contributed by atoms with Gasteiger partial charge in [-0.25, -0.2) is 0 Å². The van der Waals surface area contributed by atoms with Crippen molar-refractivity contribution >= 4 is 0 Å². The Kier molecular flexibility index (Phi) is 3.84. The molecule has 1 heteroatoms. The van der Waals surface area contributed by atoms with E-state index >= 15 is 0 Å². The Morgan fingerprint density at radius 1 is 1.22 bits per heavy atom. The second-order valence-electron chi connectivity index (χ2n) is 7.97. The fraction of sp³-hybridized carbons (Fsp3) is 1.00. The quantitative estimate of drug-likeness (QED) is 0.679. The van der Waals surface area contributed by atoms with Gasteiger partial charge in [0.1, 0.15) is 0 Å². The first-order valence-electron chi connectivity index (χ1n) is 7.84. The van der Waals surface area contributed by atoms with Crippen LogP contribution in [0, 0.1) is 28.6 Å². The van der Waals surface area contributed by atoms with E-state index in [4.69, 9.17) is 4.74 Å². The van der Waals surface area contributed by atoms with Crippen LogP contribution in [0.25, 0.3) is 0 Å². The minimum absolute atomic E-state index is 0.366. The Bertz CT molecular complexity index is 296. The number of rotatable bonds is 2. The highest BCUT2D eigenvalue weighted by Crippen LogP contribution is 2.58. The lowest BCUT2D eigenvalue weighted by molar-refractivity contribution is -0.107. The maximum Gasteiger partial charge on any atom is 0.0599 e. The number of hydrogen-bond acceptors (Lipinski definition) is 1. The summed E-state index contributed by atoms with van der Waals surface area (Å²) in [6, 6.07) is 0. The average molecular weight is 252 g/mol. The van der Waals surface area contributed by atoms with Gasteiger partial charge in [0, 0.05) is 7.11 Å². The molecule has 106 valence electrons. The first kappa shape index (κ1) is 14.4. The zero-order valence-corrected chi connectivity index (χ0v) is 13.3. The van der Waals surface area contributed by atoms with Gasteiger partial charge in [0.15, 0.2) is 0 Å². The minimum Gasteiger partial charge on any atom is -0.381 e. The smallest absolute Gasteiger partial charge is 0.0599 e. The van der Waals surface area contributed by atoms with Gasteiger partial charge in [-0.3, -0.25) is 0 Å². The zero-order chi connectivity index (χ0) is 13.6. The highest BCUT2D eigenvalue weighted by molar-refractivity contribution is 5.00. The Balaban J connectivity index is 2.23. The van der Waals surface area contributed by atoms with Crippen LogP contribution in [0.15, 0.2) is 0 Å². The number of ether oxygens (including phenoxy) is 1. The van der Waals surface area contributed by atoms with E-state index in [2.05, 4.69) is 34.6 Å². The lowest BCUT2D eigenvalue weighted by atomic mass is 9.50. The third kappa shape index (κ3) is 2.24. The number of methoxy groups -OCH3 is 1. The molecule has 0 aromatic heterocycles. The number of hydrogen-bond donors (Lipinski definition) is 0. The Morgan fingerprint density at radius 2 is 1.89 bits per heavy atom. The summed E-state index contributed by atoms with van der Waals surface area (Å²) in [5.74, 6) is 2.67. The molecule has 0 aliphatic heterocycles. The van der Waals surface area contributed by atoms with E-state index in [-0.39, 0.29) is 0 Å². The molecular formula is C17H32O. The monoisotopic (exact) mass is 252 g/mol. The molecule has 5 atom stereocenters. The summed E-state index contributed by atoms with van der Waals surface area (Å²) in [7, 11) is 1.88. The van der Waals surface area contributed by atoms with Gasteiger partial charge in [0.2, 0.25) is 0 Å². The minimum atomic E-state index is 0.366. The molecule has 2 fully saturated rings. The molecule has 0 amide bonds. The predicted molar refractivity (Wildman–Crippen MR) is 77.6 cm³/mol. The second kappa shape index (κ2) is 4.81. The van der Waals surface area contributed by atoms with E-state index in [0.717, 1.165) is 17.8 Å². The van der Waals surface area contributed by atoms with E-state index in [1.165, 1.54) is 32.1 Å². The van der Waals surface area contributed by atoms with Crippen LogP contribution < -0.4 is 0 Å². The first-order chi connectivity index (χ1) is 8.31. The summed E-state index contributed by atoms with van der Waals surface area (Å²) in [4.78, 5) is 0. The van der Waals surface area contributed by atoms with E-state index in [9.17, 15) is 0 Å². The molecule has 0 heterocycles. The van der Waals surface area contributed by atoms with Crippen LogP contribution in [0.2, 0.25) is 0 Å². The molecule has 5 unspecified atom stereocenters. The number of fused-ring (bicyclic) bond motifs is 1. The molecule has 1 nitrogen and oxygen atoms in total. The highest BCUT2D eigenvalue weighted by Gasteiger charge is 2.51. The fourth-order valence-corrected chi connectivity index (χ4v) is 4.80. The van der Waals surface area contributed by atoms with Crippen molar-refractivity contribution in [3.63, 3.8) is 0 Å². The fourth-order valence-electron chi connectivity index (χ4n) is 4.80. The SMILES string of the molecule is COC(C)C1(C)CC2C(CCCC2(C)C)CC1C. The molecule has 0 bridgehead atoms. The van der Waals surface area contributed by atoms with Crippen molar-refractivity contribution < 1.29 is 4.74 Å². The summed E-state index contributed by atoms with van der Waals surface area (Å²) in [6.45, 7) is 12.2. The van der Waals surface area contributed by atoms with Gasteiger partial charge in [-0.1, -0.05) is 40.5 Å². The van der Waals surface area contributed by atoms with Gasteiger partial charge in [0.05, 0.1) is 6.10 Å². The summed E-state index contributed by atoms with van der Waals surface area (Å²) in [5.41, 5.74) is 0.905. The lowest BCUT2D eigenvalue weighted by Crippen LogP contribution is -2.50. The van der Waals surface area contributed by atoms with Crippen LogP contribution in [0.4, 0.5) is 0 Å². The van der Waals surface area contributed by atoms with Crippen LogP contribution >= 0.6 is 0 Å². The van der Waals surface area contributed by atoms with Crippen LogP contribution in [-0.4, -0.2) is 13.2 Å². The summed E-state index contributed by atoms with van der Waals surface area (Å²) < 4.78 is 5.71. The predicted octanol–water partition coefficient (Wildman–Crippen LogP) is 4.90. The van der Waals surface area contributed by atoms with Crippen molar-refractivity contribution in [3.05, 3.63) is 0 Å². The normalized spacial score (nSPS) is 45.3. The van der Waals surface area contributed by atoms with Crippen molar-refractivity contribution in [2.75, 3.05) is 7.11 Å². The van der Waals surface area contributed by atoms with Crippen LogP contribution in [0.3, 0.4) is 0 Å². The molecule has 18 heavy (non-hydrogen) atoms. The molecule has 2 aliphatic rings. The first-order valence-corrected chi connectivity index (χ1v) is 7.84. The van der Waals surface area contributed by atoms with Crippen LogP contribution in [-0.2, 0) is 4.74 Å². The maximum atomic E-state index is 5.71. The van der Waals surface area contributed by atoms with Crippen LogP contribution in [0.1, 0.15) is 66.7 Å². The molecule has 0 saturated heterocycles. The standard InChI is InChI=1S/C17H32O/c1-12-10-14-8-7-9-16(3,4)15(14)11-17(12,5)13(2)18-6/h12-15H,7-11H2,1-6H3. The third-order valence-electron chi connectivity index (χ3n) is 6.69. The van der Waals surface area contributed by atoms with Gasteiger partial charge < -0.3 is 4.74 Å². The summed E-state index contributed by atoms with van der Waals surface area (Å²) in [5, 5.41) is 0. The third-order valence-corrected chi connectivity index (χ3v) is 6.69. The topological polar surface area (TPSA) is 9.23 Å². The zero-order valence-electron chi connectivity index (χ0n) is 13.3. The van der Waals surface area contributed by atoms with E-state index < -0.39 is 0 Å². The van der Waals surface area contributed by atoms with Crippen molar-refractivity contribution in [1.29, 1.82) is 0 Å². The highest BCUT2D eigenvalue weighted by atomic mass is 16.5. The molecule has 0 aromatic rings. The van der Waals surface area contributed by atoms with Crippen molar-refractivity contribution in [1.82, 2.24) is 0 Å². The summed E-state index contributed by atoms with van der Waals surface area (Å²) in [6.07, 6.45) is 7.48. The molecular weight excluding hydrogens is 220 g/mol. The van der Waals surface area contributed by atoms with Crippen molar-refractivity contribution in [2.24, 2.45) is 28.6 Å². The van der Waals surface area contributed by atoms with E-state index in [1.54, 1.807) is 0 Å². The van der Waals surface area contributed by atoms with Gasteiger partial charge in [-0.2, -0.15) is 0 Å². The Labute approximate surface area is 114 Å². The van der Waals surface area contributed by atoms with E-state index in [1.807, 2.05) is 7.11 Å². The molecule has 0 aromatic carbocycles. The van der Waals surface area contributed by atoms with Crippen molar-refractivity contribution in [2.45, 2.75) is 72.8 Å². The average Bonchev–Trinajstić information content (AvgIpc) is 2.30. The van der Waals surface area contributed by atoms with Gasteiger partial charge >= 0.3 is 0 Å². The molecule has 0 spiro atoms. The molecule has 2 aliphatic carbocycles. The molecule has 0 radical (unpaired) electrons. The maximum absolute atomic E-state index is 5.71. The Morgan fingerprint density at radius 3 is 2.50 bits per heavy atom.